The van der Waals surface area contributed by atoms with Crippen LogP contribution in [0.1, 0.15) is 50.4 Å². The third-order valence-electron chi connectivity index (χ3n) is 7.00. The van der Waals surface area contributed by atoms with Crippen molar-refractivity contribution in [2.75, 3.05) is 13.7 Å². The number of ether oxygens (including phenoxy) is 4. The van der Waals surface area contributed by atoms with E-state index in [1.54, 1.807) is 37.7 Å². The number of methoxy groups -OCH3 is 1. The van der Waals surface area contributed by atoms with Crippen LogP contribution in [0.3, 0.4) is 0 Å². The van der Waals surface area contributed by atoms with Gasteiger partial charge in [0.15, 0.2) is 16.3 Å². The summed E-state index contributed by atoms with van der Waals surface area (Å²) in [5, 5.41) is 0. The van der Waals surface area contributed by atoms with E-state index in [0.717, 1.165) is 23.6 Å². The smallest absolute Gasteiger partial charge is 0.338 e. The number of benzene rings is 3. The molecule has 1 aliphatic heterocycles. The second-order valence-corrected chi connectivity index (χ2v) is 14.6. The molecule has 240 valence electrons. The van der Waals surface area contributed by atoms with E-state index in [-0.39, 0.29) is 18.3 Å². The lowest BCUT2D eigenvalue weighted by Crippen LogP contribution is -2.40. The first-order chi connectivity index (χ1) is 22.0. The van der Waals surface area contributed by atoms with Gasteiger partial charge in [0, 0.05) is 3.57 Å². The minimum absolute atomic E-state index is 0.0664. The minimum Gasteiger partial charge on any atom is -0.493 e. The van der Waals surface area contributed by atoms with Gasteiger partial charge >= 0.3 is 5.97 Å². The number of halogens is 3. The van der Waals surface area contributed by atoms with Crippen molar-refractivity contribution in [1.29, 1.82) is 0 Å². The van der Waals surface area contributed by atoms with Crippen LogP contribution in [0.15, 0.2) is 84.6 Å². The molecule has 0 amide bonds. The van der Waals surface area contributed by atoms with Gasteiger partial charge in [-0.3, -0.25) is 9.36 Å². The summed E-state index contributed by atoms with van der Waals surface area (Å²) in [6.45, 7) is 7.95. The van der Waals surface area contributed by atoms with E-state index < -0.39 is 12.0 Å². The molecule has 4 aromatic rings. The molecule has 5 rings (SSSR count). The van der Waals surface area contributed by atoms with Crippen LogP contribution in [0.5, 0.6) is 17.2 Å². The van der Waals surface area contributed by atoms with Crippen molar-refractivity contribution in [2.24, 2.45) is 4.99 Å². The maximum absolute atomic E-state index is 14.1. The van der Waals surface area contributed by atoms with Crippen LogP contribution in [0.4, 0.5) is 0 Å². The van der Waals surface area contributed by atoms with Crippen molar-refractivity contribution in [1.82, 2.24) is 4.57 Å². The fourth-order valence-electron chi connectivity index (χ4n) is 5.00. The molecule has 0 N–H and O–H groups in total. The summed E-state index contributed by atoms with van der Waals surface area (Å²) < 4.78 is 27.7. The molecule has 0 spiro atoms. The lowest BCUT2D eigenvalue weighted by atomic mass is 9.95. The van der Waals surface area contributed by atoms with Crippen LogP contribution >= 0.6 is 65.8 Å². The van der Waals surface area contributed by atoms with Gasteiger partial charge in [0.2, 0.25) is 0 Å². The Balaban J connectivity index is 1.57. The molecule has 0 unspecified atom stereocenters. The fourth-order valence-corrected chi connectivity index (χ4v) is 7.86. The maximum Gasteiger partial charge on any atom is 0.338 e. The average molecular weight is 882 g/mol. The molecule has 46 heavy (non-hydrogen) atoms. The molecule has 1 aromatic heterocycles. The van der Waals surface area contributed by atoms with Gasteiger partial charge in [-0.1, -0.05) is 29.5 Å². The number of thiazole rings is 1. The van der Waals surface area contributed by atoms with Gasteiger partial charge in [0.25, 0.3) is 5.56 Å². The number of allylic oxidation sites excluding steroid dienone is 1. The first-order valence-corrected chi connectivity index (χ1v) is 17.9. The zero-order valence-electron chi connectivity index (χ0n) is 25.7. The zero-order chi connectivity index (χ0) is 33.1. The Bertz CT molecular complexity index is 1980. The highest BCUT2D eigenvalue weighted by Gasteiger charge is 2.34. The number of carbonyl (C=O) groups excluding carboxylic acids is 1. The van der Waals surface area contributed by atoms with E-state index in [2.05, 4.69) is 59.4 Å². The second-order valence-electron chi connectivity index (χ2n) is 10.6. The van der Waals surface area contributed by atoms with Gasteiger partial charge in [0.05, 0.1) is 50.6 Å². The molecular formula is C34H31Br2IN2O6S. The fraction of sp³-hybridized carbons (Fsp3) is 0.265. The van der Waals surface area contributed by atoms with Crippen LogP contribution in [0.2, 0.25) is 0 Å². The molecule has 1 atom stereocenters. The number of aromatic nitrogens is 1. The Morgan fingerprint density at radius 1 is 1.09 bits per heavy atom. The van der Waals surface area contributed by atoms with Gasteiger partial charge in [-0.25, -0.2) is 9.79 Å². The highest BCUT2D eigenvalue weighted by atomic mass is 127. The molecule has 0 saturated carbocycles. The molecule has 0 bridgehead atoms. The third-order valence-corrected chi connectivity index (χ3v) is 9.88. The quantitative estimate of drug-likeness (QED) is 0.123. The molecule has 3 aromatic carbocycles. The van der Waals surface area contributed by atoms with Crippen molar-refractivity contribution in [3.8, 4) is 17.2 Å². The van der Waals surface area contributed by atoms with Crippen LogP contribution < -0.4 is 29.1 Å². The summed E-state index contributed by atoms with van der Waals surface area (Å²) in [7, 11) is 1.56. The Morgan fingerprint density at radius 3 is 2.41 bits per heavy atom. The minimum atomic E-state index is -0.782. The Hall–Kier alpha value is -2.94. The molecule has 1 aliphatic rings. The lowest BCUT2D eigenvalue weighted by Gasteiger charge is -2.25. The molecule has 0 aliphatic carbocycles. The average Bonchev–Trinajstić information content (AvgIpc) is 3.30. The summed E-state index contributed by atoms with van der Waals surface area (Å²) in [6.07, 6.45) is 1.74. The summed E-state index contributed by atoms with van der Waals surface area (Å²) in [5.41, 5.74) is 2.99. The number of hydrogen-bond donors (Lipinski definition) is 0. The van der Waals surface area contributed by atoms with Gasteiger partial charge < -0.3 is 18.9 Å². The maximum atomic E-state index is 14.1. The summed E-state index contributed by atoms with van der Waals surface area (Å²) in [6, 6.07) is 16.6. The molecule has 8 nitrogen and oxygen atoms in total. The van der Waals surface area contributed by atoms with E-state index in [9.17, 15) is 9.59 Å². The third kappa shape index (κ3) is 7.45. The van der Waals surface area contributed by atoms with E-state index in [0.29, 0.717) is 50.0 Å². The predicted molar refractivity (Wildman–Crippen MR) is 194 cm³/mol. The van der Waals surface area contributed by atoms with E-state index >= 15 is 0 Å². The highest BCUT2D eigenvalue weighted by molar-refractivity contribution is 14.1. The van der Waals surface area contributed by atoms with Crippen LogP contribution in [-0.2, 0) is 16.1 Å². The summed E-state index contributed by atoms with van der Waals surface area (Å²) in [5.74, 6) is 1.18. The van der Waals surface area contributed by atoms with E-state index in [1.165, 1.54) is 11.3 Å². The number of nitrogens with zero attached hydrogens (tertiary/aromatic N) is 2. The largest absolute Gasteiger partial charge is 0.493 e. The first kappa shape index (κ1) is 34.4. The monoisotopic (exact) mass is 880 g/mol. The first-order valence-electron chi connectivity index (χ1n) is 14.4. The highest BCUT2D eigenvalue weighted by Crippen LogP contribution is 2.37. The SMILES string of the molecule is CCOC(=O)C1=C(C)N=c2s/c(=C\c3cc(Br)c(OCc4ccc(I)cc4)c(Br)c3)c(=O)n2[C@H]1c1ccc(OC(C)C)c(OC)c1. The van der Waals surface area contributed by atoms with Crippen molar-refractivity contribution < 1.29 is 23.7 Å². The number of carbonyl (C=O) groups is 1. The van der Waals surface area contributed by atoms with Gasteiger partial charge in [0.1, 0.15) is 12.4 Å². The van der Waals surface area contributed by atoms with Gasteiger partial charge in [-0.2, -0.15) is 0 Å². The number of rotatable bonds is 10. The second kappa shape index (κ2) is 14.9. The number of fused-ring (bicyclic) bond motifs is 1. The van der Waals surface area contributed by atoms with Crippen molar-refractivity contribution >= 4 is 77.8 Å². The van der Waals surface area contributed by atoms with Crippen molar-refractivity contribution in [3.63, 3.8) is 0 Å². The van der Waals surface area contributed by atoms with Crippen LogP contribution in [-0.4, -0.2) is 30.4 Å². The van der Waals surface area contributed by atoms with Crippen molar-refractivity contribution in [3.05, 3.63) is 115 Å². The summed E-state index contributed by atoms with van der Waals surface area (Å²) in [4.78, 5) is 32.6. The molecule has 0 saturated heterocycles. The normalized spacial score (nSPS) is 14.6. The summed E-state index contributed by atoms with van der Waals surface area (Å²) >= 11 is 10.8. The number of esters is 1. The Kier molecular flexibility index (Phi) is 11.1. The predicted octanol–water partition coefficient (Wildman–Crippen LogP) is 7.30. The number of hydrogen-bond acceptors (Lipinski definition) is 8. The van der Waals surface area contributed by atoms with E-state index in [4.69, 9.17) is 18.9 Å². The molecule has 2 heterocycles. The van der Waals surface area contributed by atoms with Crippen LogP contribution in [0, 0.1) is 3.57 Å². The standard InChI is InChI=1S/C34H31Br2IN2O6S/c1-6-43-33(41)29-19(4)38-34-39(30(29)22-9-12-26(45-18(2)3)27(16-22)42-5)32(40)28(46-34)15-21-13-24(35)31(25(36)14-21)44-17-20-7-10-23(37)11-8-20/h7-16,18,30H,6,17H2,1-5H3/b28-15-/t30-/m0/s1. The molecule has 12 heteroatoms. The van der Waals surface area contributed by atoms with Gasteiger partial charge in [-0.05, 0) is 141 Å². The van der Waals surface area contributed by atoms with E-state index in [1.807, 2.05) is 62.4 Å². The molecular weight excluding hydrogens is 851 g/mol. The Labute approximate surface area is 301 Å². The van der Waals surface area contributed by atoms with Crippen molar-refractivity contribution in [2.45, 2.75) is 46.4 Å². The molecule has 0 fully saturated rings. The topological polar surface area (TPSA) is 88.4 Å². The Morgan fingerprint density at radius 2 is 1.78 bits per heavy atom. The van der Waals surface area contributed by atoms with Gasteiger partial charge in [-0.15, -0.1) is 0 Å². The lowest BCUT2D eigenvalue weighted by molar-refractivity contribution is -0.139. The molecule has 0 radical (unpaired) electrons. The van der Waals surface area contributed by atoms with Crippen LogP contribution in [0.25, 0.3) is 6.08 Å². The zero-order valence-corrected chi connectivity index (χ0v) is 31.9.